The molecule has 0 saturated carbocycles. The molecule has 180 valence electrons. The normalized spacial score (nSPS) is 12.8. The minimum absolute atomic E-state index is 0.0570. The maximum absolute atomic E-state index is 12.7. The third kappa shape index (κ3) is 6.06. The first-order valence-electron chi connectivity index (χ1n) is 11.6. The second kappa shape index (κ2) is 11.3. The van der Waals surface area contributed by atoms with E-state index in [1.54, 1.807) is 0 Å². The van der Waals surface area contributed by atoms with Crippen molar-refractivity contribution in [1.29, 1.82) is 0 Å². The Morgan fingerprint density at radius 1 is 0.829 bits per heavy atom. The van der Waals surface area contributed by atoms with Gasteiger partial charge in [0.15, 0.2) is 0 Å². The summed E-state index contributed by atoms with van der Waals surface area (Å²) in [5.41, 5.74) is 5.22. The fourth-order valence-corrected chi connectivity index (χ4v) is 4.32. The quantitative estimate of drug-likeness (QED) is 0.407. The number of rotatable bonds is 10. The Morgan fingerprint density at radius 3 is 2.06 bits per heavy atom. The van der Waals surface area contributed by atoms with Gasteiger partial charge in [-0.1, -0.05) is 78.9 Å². The number of aliphatic carboxylic acids is 1. The van der Waals surface area contributed by atoms with Gasteiger partial charge in [-0.2, -0.15) is 0 Å². The van der Waals surface area contributed by atoms with Gasteiger partial charge in [0.1, 0.15) is 19.3 Å². The van der Waals surface area contributed by atoms with E-state index >= 15 is 0 Å². The first-order chi connectivity index (χ1) is 17.0. The molecule has 1 aliphatic rings. The van der Waals surface area contributed by atoms with Gasteiger partial charge in [-0.25, -0.2) is 9.59 Å². The number of benzene rings is 3. The number of hydrogen-bond donors (Lipinski definition) is 2. The molecule has 0 radical (unpaired) electrons. The van der Waals surface area contributed by atoms with Crippen molar-refractivity contribution in [3.05, 3.63) is 95.6 Å². The summed E-state index contributed by atoms with van der Waals surface area (Å²) < 4.78 is 10.9. The fourth-order valence-electron chi connectivity index (χ4n) is 4.32. The molecule has 4 rings (SSSR count). The summed E-state index contributed by atoms with van der Waals surface area (Å²) in [5.74, 6) is -1.71. The van der Waals surface area contributed by atoms with E-state index in [4.69, 9.17) is 14.6 Å². The number of esters is 1. The minimum atomic E-state index is -1.01. The molecule has 0 aliphatic heterocycles. The van der Waals surface area contributed by atoms with Crippen LogP contribution in [0.5, 0.6) is 0 Å². The topological polar surface area (TPSA) is 102 Å². The van der Waals surface area contributed by atoms with E-state index in [-0.39, 0.29) is 38.4 Å². The van der Waals surface area contributed by atoms with Crippen LogP contribution in [-0.2, 0) is 25.7 Å². The molecular weight excluding hydrogens is 446 g/mol. The van der Waals surface area contributed by atoms with Gasteiger partial charge in [-0.3, -0.25) is 4.79 Å². The zero-order valence-electron chi connectivity index (χ0n) is 19.2. The van der Waals surface area contributed by atoms with Crippen LogP contribution in [0.15, 0.2) is 78.9 Å². The number of ether oxygens (including phenoxy) is 2. The zero-order valence-corrected chi connectivity index (χ0v) is 19.2. The number of hydrogen-bond acceptors (Lipinski definition) is 5. The molecule has 1 aliphatic carbocycles. The van der Waals surface area contributed by atoms with Gasteiger partial charge >= 0.3 is 18.0 Å². The first kappa shape index (κ1) is 24.0. The molecule has 1 amide bonds. The van der Waals surface area contributed by atoms with E-state index < -0.39 is 24.1 Å². The van der Waals surface area contributed by atoms with Crippen molar-refractivity contribution < 1.29 is 29.0 Å². The lowest BCUT2D eigenvalue weighted by Crippen LogP contribution is -2.42. The standard InChI is InChI=1S/C28H27NO6/c30-26(31)16-8-15-25(27(32)34-17-19-9-2-1-3-10-19)29-28(33)35-18-24-22-13-6-4-11-20(22)21-12-5-7-14-23(21)24/h1-7,9-14,24-25H,8,15-18H2,(H,29,33)(H,30,31)/t25-/m0/s1. The van der Waals surface area contributed by atoms with Gasteiger partial charge in [0.05, 0.1) is 0 Å². The predicted octanol–water partition coefficient (Wildman–Crippen LogP) is 4.89. The van der Waals surface area contributed by atoms with Crippen LogP contribution in [0.1, 0.15) is 41.9 Å². The highest BCUT2D eigenvalue weighted by Crippen LogP contribution is 2.44. The predicted molar refractivity (Wildman–Crippen MR) is 130 cm³/mol. The third-order valence-electron chi connectivity index (χ3n) is 6.03. The lowest BCUT2D eigenvalue weighted by Gasteiger charge is -2.19. The number of alkyl carbamates (subject to hydrolysis) is 1. The Labute approximate surface area is 203 Å². The average Bonchev–Trinajstić information content (AvgIpc) is 3.19. The number of nitrogens with one attached hydrogen (secondary N) is 1. The number of carbonyl (C=O) groups excluding carboxylic acids is 2. The van der Waals surface area contributed by atoms with Crippen LogP contribution in [0.2, 0.25) is 0 Å². The van der Waals surface area contributed by atoms with Crippen LogP contribution in [0.25, 0.3) is 11.1 Å². The third-order valence-corrected chi connectivity index (χ3v) is 6.03. The molecule has 0 unspecified atom stereocenters. The Hall–Kier alpha value is -4.13. The fraction of sp³-hybridized carbons (Fsp3) is 0.250. The molecule has 0 spiro atoms. The van der Waals surface area contributed by atoms with Gasteiger partial charge in [0.2, 0.25) is 0 Å². The number of carboxylic acid groups (broad SMARTS) is 1. The van der Waals surface area contributed by atoms with Crippen LogP contribution >= 0.6 is 0 Å². The summed E-state index contributed by atoms with van der Waals surface area (Å²) >= 11 is 0. The number of carboxylic acids is 1. The molecule has 0 heterocycles. The SMILES string of the molecule is O=C(O)CCC[C@H](NC(=O)OCC1c2ccccc2-c2ccccc21)C(=O)OCc1ccccc1. The van der Waals surface area contributed by atoms with Gasteiger partial charge < -0.3 is 19.9 Å². The van der Waals surface area contributed by atoms with Crippen LogP contribution in [0, 0.1) is 0 Å². The van der Waals surface area contributed by atoms with Gasteiger partial charge in [0.25, 0.3) is 0 Å². The Balaban J connectivity index is 1.38. The van der Waals surface area contributed by atoms with Crippen molar-refractivity contribution in [2.75, 3.05) is 6.61 Å². The molecule has 0 bridgehead atoms. The lowest BCUT2D eigenvalue weighted by molar-refractivity contribution is -0.148. The molecule has 0 saturated heterocycles. The molecule has 0 fully saturated rings. The smallest absolute Gasteiger partial charge is 0.407 e. The van der Waals surface area contributed by atoms with E-state index in [9.17, 15) is 14.4 Å². The maximum atomic E-state index is 12.7. The minimum Gasteiger partial charge on any atom is -0.481 e. The summed E-state index contributed by atoms with van der Waals surface area (Å²) in [6.07, 6.45) is -0.521. The van der Waals surface area contributed by atoms with Crippen molar-refractivity contribution >= 4 is 18.0 Å². The summed E-state index contributed by atoms with van der Waals surface area (Å²) in [6, 6.07) is 24.2. The van der Waals surface area contributed by atoms with Crippen LogP contribution < -0.4 is 5.32 Å². The zero-order chi connectivity index (χ0) is 24.6. The Bertz CT molecular complexity index is 1150. The molecule has 0 aromatic heterocycles. The van der Waals surface area contributed by atoms with Crippen molar-refractivity contribution in [2.45, 2.75) is 37.8 Å². The highest BCUT2D eigenvalue weighted by atomic mass is 16.6. The second-order valence-electron chi connectivity index (χ2n) is 8.40. The molecule has 7 heteroatoms. The van der Waals surface area contributed by atoms with Gasteiger partial charge in [0, 0.05) is 12.3 Å². The van der Waals surface area contributed by atoms with Crippen LogP contribution in [0.3, 0.4) is 0 Å². The monoisotopic (exact) mass is 473 g/mol. The average molecular weight is 474 g/mol. The highest BCUT2D eigenvalue weighted by Gasteiger charge is 2.30. The molecule has 35 heavy (non-hydrogen) atoms. The van der Waals surface area contributed by atoms with E-state index in [0.29, 0.717) is 0 Å². The van der Waals surface area contributed by atoms with E-state index in [0.717, 1.165) is 27.8 Å². The Morgan fingerprint density at radius 2 is 1.43 bits per heavy atom. The van der Waals surface area contributed by atoms with E-state index in [1.807, 2.05) is 66.7 Å². The molecule has 1 atom stereocenters. The maximum Gasteiger partial charge on any atom is 0.407 e. The van der Waals surface area contributed by atoms with Gasteiger partial charge in [-0.05, 0) is 40.7 Å². The van der Waals surface area contributed by atoms with Crippen LogP contribution in [-0.4, -0.2) is 35.8 Å². The van der Waals surface area contributed by atoms with Gasteiger partial charge in [-0.15, -0.1) is 0 Å². The first-order valence-corrected chi connectivity index (χ1v) is 11.6. The largest absolute Gasteiger partial charge is 0.481 e. The molecule has 3 aromatic carbocycles. The van der Waals surface area contributed by atoms with Crippen molar-refractivity contribution in [1.82, 2.24) is 5.32 Å². The summed E-state index contributed by atoms with van der Waals surface area (Å²) in [6.45, 7) is 0.169. The highest BCUT2D eigenvalue weighted by molar-refractivity contribution is 5.82. The number of amides is 1. The Kier molecular flexibility index (Phi) is 7.77. The number of fused-ring (bicyclic) bond motifs is 3. The van der Waals surface area contributed by atoms with Crippen LogP contribution in [0.4, 0.5) is 4.79 Å². The molecule has 2 N–H and O–H groups in total. The molecule has 7 nitrogen and oxygen atoms in total. The summed E-state index contributed by atoms with van der Waals surface area (Å²) in [5, 5.41) is 11.5. The van der Waals surface area contributed by atoms with Crippen molar-refractivity contribution in [3.63, 3.8) is 0 Å². The van der Waals surface area contributed by atoms with E-state index in [1.165, 1.54) is 0 Å². The summed E-state index contributed by atoms with van der Waals surface area (Å²) in [4.78, 5) is 36.2. The van der Waals surface area contributed by atoms with E-state index in [2.05, 4.69) is 17.4 Å². The molecular formula is C28H27NO6. The molecule has 3 aromatic rings. The second-order valence-corrected chi connectivity index (χ2v) is 8.40. The lowest BCUT2D eigenvalue weighted by atomic mass is 9.98. The summed E-state index contributed by atoms with van der Waals surface area (Å²) in [7, 11) is 0. The van der Waals surface area contributed by atoms with Crippen molar-refractivity contribution in [2.24, 2.45) is 0 Å². The number of carbonyl (C=O) groups is 3. The van der Waals surface area contributed by atoms with Crippen molar-refractivity contribution in [3.8, 4) is 11.1 Å².